The van der Waals surface area contributed by atoms with Crippen LogP contribution >= 0.6 is 0 Å². The van der Waals surface area contributed by atoms with E-state index in [4.69, 9.17) is 0 Å². The lowest BCUT2D eigenvalue weighted by atomic mass is 10.0. The van der Waals surface area contributed by atoms with Crippen LogP contribution in [0.4, 0.5) is 0 Å². The quantitative estimate of drug-likeness (QED) is 0.875. The van der Waals surface area contributed by atoms with Crippen LogP contribution in [0.3, 0.4) is 0 Å². The number of carbonyl (C=O) groups is 1. The van der Waals surface area contributed by atoms with E-state index in [1.807, 2.05) is 49.4 Å². The molecule has 2 aromatic carbocycles. The van der Waals surface area contributed by atoms with Gasteiger partial charge in [0.1, 0.15) is 0 Å². The molecule has 1 atom stereocenters. The molecule has 2 rings (SSSR count). The molecule has 3 heteroatoms. The molecule has 0 aliphatic rings. The van der Waals surface area contributed by atoms with E-state index in [9.17, 15) is 9.90 Å². The van der Waals surface area contributed by atoms with Gasteiger partial charge in [0.05, 0.1) is 12.6 Å². The van der Waals surface area contributed by atoms with Crippen molar-refractivity contribution in [1.82, 2.24) is 5.32 Å². The number of aliphatic hydroxyl groups excluding tert-OH is 1. The summed E-state index contributed by atoms with van der Waals surface area (Å²) < 4.78 is 0. The van der Waals surface area contributed by atoms with Crippen molar-refractivity contribution in [3.8, 4) is 0 Å². The van der Waals surface area contributed by atoms with Gasteiger partial charge in [0.2, 0.25) is 0 Å². The van der Waals surface area contributed by atoms with Crippen LogP contribution in [-0.4, -0.2) is 23.7 Å². The molecule has 0 fully saturated rings. The molecule has 0 aliphatic heterocycles. The molecule has 0 aromatic heterocycles. The second kappa shape index (κ2) is 6.87. The van der Waals surface area contributed by atoms with Crippen molar-refractivity contribution < 1.29 is 9.90 Å². The number of nitrogens with one attached hydrogen (secondary N) is 1. The Hall–Kier alpha value is -2.13. The zero-order chi connectivity index (χ0) is 14.4. The number of carbonyl (C=O) groups excluding carboxylic acids is 1. The van der Waals surface area contributed by atoms with Gasteiger partial charge >= 0.3 is 0 Å². The van der Waals surface area contributed by atoms with Gasteiger partial charge in [0, 0.05) is 5.56 Å². The van der Waals surface area contributed by atoms with E-state index in [0.29, 0.717) is 12.0 Å². The van der Waals surface area contributed by atoms with Crippen molar-refractivity contribution in [2.75, 3.05) is 6.61 Å². The van der Waals surface area contributed by atoms with Gasteiger partial charge in [-0.25, -0.2) is 0 Å². The maximum Gasteiger partial charge on any atom is 0.251 e. The molecule has 1 amide bonds. The predicted octanol–water partition coefficient (Wildman–Crippen LogP) is 2.33. The van der Waals surface area contributed by atoms with Gasteiger partial charge in [-0.1, -0.05) is 48.0 Å². The number of aryl methyl sites for hydroxylation is 1. The van der Waals surface area contributed by atoms with Crippen molar-refractivity contribution in [1.29, 1.82) is 0 Å². The minimum absolute atomic E-state index is 0.0769. The number of benzene rings is 2. The van der Waals surface area contributed by atoms with Crippen LogP contribution in [0.5, 0.6) is 0 Å². The highest BCUT2D eigenvalue weighted by Crippen LogP contribution is 2.07. The lowest BCUT2D eigenvalue weighted by molar-refractivity contribution is 0.0916. The molecule has 2 N–H and O–H groups in total. The topological polar surface area (TPSA) is 49.3 Å². The van der Waals surface area contributed by atoms with E-state index in [2.05, 4.69) is 5.32 Å². The summed E-state index contributed by atoms with van der Waals surface area (Å²) in [5, 5.41) is 12.3. The average molecular weight is 269 g/mol. The zero-order valence-electron chi connectivity index (χ0n) is 11.5. The molecule has 0 saturated heterocycles. The number of amides is 1. The van der Waals surface area contributed by atoms with Crippen molar-refractivity contribution in [3.05, 3.63) is 71.3 Å². The second-order valence-electron chi connectivity index (χ2n) is 4.91. The molecule has 0 spiro atoms. The Bertz CT molecular complexity index is 549. The third-order valence-corrected chi connectivity index (χ3v) is 3.19. The van der Waals surface area contributed by atoms with E-state index in [1.165, 1.54) is 5.56 Å². The van der Waals surface area contributed by atoms with E-state index in [-0.39, 0.29) is 18.6 Å². The number of hydrogen-bond donors (Lipinski definition) is 2. The monoisotopic (exact) mass is 269 g/mol. The van der Waals surface area contributed by atoms with E-state index in [0.717, 1.165) is 5.56 Å². The fourth-order valence-corrected chi connectivity index (χ4v) is 2.03. The van der Waals surface area contributed by atoms with Crippen molar-refractivity contribution >= 4 is 5.91 Å². The highest BCUT2D eigenvalue weighted by atomic mass is 16.3. The summed E-state index contributed by atoms with van der Waals surface area (Å²) in [6.45, 7) is 1.96. The van der Waals surface area contributed by atoms with Gasteiger partial charge in [0.15, 0.2) is 0 Å². The lowest BCUT2D eigenvalue weighted by Gasteiger charge is -2.16. The molecular formula is C17H19NO2. The Morgan fingerprint density at radius 2 is 1.75 bits per heavy atom. The Kier molecular flexibility index (Phi) is 4.91. The molecule has 3 nitrogen and oxygen atoms in total. The first kappa shape index (κ1) is 14.3. The molecule has 0 saturated carbocycles. The molecule has 0 radical (unpaired) electrons. The fourth-order valence-electron chi connectivity index (χ4n) is 2.03. The zero-order valence-corrected chi connectivity index (χ0v) is 11.5. The van der Waals surface area contributed by atoms with Crippen LogP contribution in [-0.2, 0) is 6.42 Å². The number of rotatable bonds is 5. The minimum Gasteiger partial charge on any atom is -0.394 e. The molecule has 0 aliphatic carbocycles. The summed E-state index contributed by atoms with van der Waals surface area (Å²) in [5.74, 6) is -0.156. The Balaban J connectivity index is 1.99. The maximum absolute atomic E-state index is 12.0. The van der Waals surface area contributed by atoms with Crippen LogP contribution in [0.15, 0.2) is 54.6 Å². The van der Waals surface area contributed by atoms with E-state index in [1.54, 1.807) is 12.1 Å². The van der Waals surface area contributed by atoms with Crippen LogP contribution in [0.1, 0.15) is 21.5 Å². The summed E-state index contributed by atoms with van der Waals surface area (Å²) >= 11 is 0. The summed E-state index contributed by atoms with van der Waals surface area (Å²) in [6.07, 6.45) is 0.620. The first-order chi connectivity index (χ1) is 9.69. The smallest absolute Gasteiger partial charge is 0.251 e. The second-order valence-corrected chi connectivity index (χ2v) is 4.91. The average Bonchev–Trinajstić information content (AvgIpc) is 2.49. The SMILES string of the molecule is Cc1ccc(C[C@H](CO)NC(=O)c2ccccc2)cc1. The van der Waals surface area contributed by atoms with Gasteiger partial charge in [-0.2, -0.15) is 0 Å². The fraction of sp³-hybridized carbons (Fsp3) is 0.235. The molecule has 0 heterocycles. The standard InChI is InChI=1S/C17H19NO2/c1-13-7-9-14(10-8-13)11-16(12-19)18-17(20)15-5-3-2-4-6-15/h2-10,16,19H,11-12H2,1H3,(H,18,20)/t16-/m1/s1. The molecule has 20 heavy (non-hydrogen) atoms. The summed E-state index contributed by atoms with van der Waals surface area (Å²) in [5.41, 5.74) is 2.90. The van der Waals surface area contributed by atoms with Crippen molar-refractivity contribution in [2.45, 2.75) is 19.4 Å². The Morgan fingerprint density at radius 3 is 2.35 bits per heavy atom. The van der Waals surface area contributed by atoms with E-state index < -0.39 is 0 Å². The van der Waals surface area contributed by atoms with E-state index >= 15 is 0 Å². The lowest BCUT2D eigenvalue weighted by Crippen LogP contribution is -2.39. The van der Waals surface area contributed by atoms with Gasteiger partial charge in [0.25, 0.3) is 5.91 Å². The largest absolute Gasteiger partial charge is 0.394 e. The first-order valence-electron chi connectivity index (χ1n) is 6.71. The van der Waals surface area contributed by atoms with Crippen LogP contribution in [0, 0.1) is 6.92 Å². The third kappa shape index (κ3) is 3.93. The molecule has 0 unspecified atom stereocenters. The summed E-state index contributed by atoms with van der Waals surface area (Å²) in [6, 6.07) is 16.9. The molecule has 104 valence electrons. The Labute approximate surface area is 119 Å². The highest BCUT2D eigenvalue weighted by molar-refractivity contribution is 5.94. The first-order valence-corrected chi connectivity index (χ1v) is 6.71. The number of aliphatic hydroxyl groups is 1. The van der Waals surface area contributed by atoms with Crippen molar-refractivity contribution in [2.24, 2.45) is 0 Å². The van der Waals surface area contributed by atoms with Crippen LogP contribution < -0.4 is 5.32 Å². The third-order valence-electron chi connectivity index (χ3n) is 3.19. The van der Waals surface area contributed by atoms with Gasteiger partial charge in [-0.3, -0.25) is 4.79 Å². The number of hydrogen-bond acceptors (Lipinski definition) is 2. The molecular weight excluding hydrogens is 250 g/mol. The van der Waals surface area contributed by atoms with Crippen LogP contribution in [0.25, 0.3) is 0 Å². The van der Waals surface area contributed by atoms with Gasteiger partial charge in [-0.15, -0.1) is 0 Å². The highest BCUT2D eigenvalue weighted by Gasteiger charge is 2.13. The van der Waals surface area contributed by atoms with Gasteiger partial charge in [-0.05, 0) is 31.0 Å². The molecule has 0 bridgehead atoms. The summed E-state index contributed by atoms with van der Waals surface area (Å²) in [7, 11) is 0. The van der Waals surface area contributed by atoms with Gasteiger partial charge < -0.3 is 10.4 Å². The van der Waals surface area contributed by atoms with Crippen LogP contribution in [0.2, 0.25) is 0 Å². The summed E-state index contributed by atoms with van der Waals surface area (Å²) in [4.78, 5) is 12.0. The van der Waals surface area contributed by atoms with Crippen molar-refractivity contribution in [3.63, 3.8) is 0 Å². The molecule has 2 aromatic rings. The normalized spacial score (nSPS) is 11.9. The predicted molar refractivity (Wildman–Crippen MR) is 79.7 cm³/mol. The Morgan fingerprint density at radius 1 is 1.10 bits per heavy atom. The minimum atomic E-state index is -0.273. The maximum atomic E-state index is 12.0.